The van der Waals surface area contributed by atoms with Crippen molar-refractivity contribution in [1.29, 1.82) is 0 Å². The fraction of sp³-hybridized carbons (Fsp3) is 0.846. The minimum atomic E-state index is 0.0197. The summed E-state index contributed by atoms with van der Waals surface area (Å²) < 4.78 is 2.32. The van der Waals surface area contributed by atoms with E-state index in [1.54, 1.807) is 0 Å². The Hall–Kier alpha value is -0.900. The predicted octanol–water partition coefficient (Wildman–Crippen LogP) is 1.88. The number of hydrogen-bond donors (Lipinski definition) is 1. The molecule has 1 atom stereocenters. The molecule has 0 aliphatic carbocycles. The van der Waals surface area contributed by atoms with Crippen LogP contribution in [-0.2, 0) is 18.4 Å². The maximum Gasteiger partial charge on any atom is 0.140 e. The SMILES string of the molecule is CCC(CC)(CN)c1nnc2n1CCC(C)C2. The molecule has 1 aliphatic rings. The molecule has 0 spiro atoms. The Morgan fingerprint density at radius 3 is 2.65 bits per heavy atom. The minimum Gasteiger partial charge on any atom is -0.329 e. The highest BCUT2D eigenvalue weighted by Gasteiger charge is 2.34. The Labute approximate surface area is 104 Å². The molecule has 0 aromatic carbocycles. The van der Waals surface area contributed by atoms with Crippen LogP contribution in [0, 0.1) is 5.92 Å². The summed E-state index contributed by atoms with van der Waals surface area (Å²) >= 11 is 0. The Morgan fingerprint density at radius 1 is 1.35 bits per heavy atom. The molecule has 0 radical (unpaired) electrons. The van der Waals surface area contributed by atoms with Crippen LogP contribution in [0.1, 0.15) is 51.7 Å². The lowest BCUT2D eigenvalue weighted by molar-refractivity contribution is 0.337. The molecule has 1 unspecified atom stereocenters. The number of nitrogens with two attached hydrogens (primary N) is 1. The van der Waals surface area contributed by atoms with Gasteiger partial charge in [0.25, 0.3) is 0 Å². The molecule has 0 saturated heterocycles. The Bertz CT molecular complexity index is 371. The van der Waals surface area contributed by atoms with Gasteiger partial charge < -0.3 is 10.3 Å². The van der Waals surface area contributed by atoms with Crippen molar-refractivity contribution in [2.45, 2.75) is 58.4 Å². The molecule has 17 heavy (non-hydrogen) atoms. The van der Waals surface area contributed by atoms with Gasteiger partial charge in [-0.25, -0.2) is 0 Å². The smallest absolute Gasteiger partial charge is 0.140 e. The average molecular weight is 236 g/mol. The lowest BCUT2D eigenvalue weighted by Gasteiger charge is -2.31. The Balaban J connectivity index is 2.39. The summed E-state index contributed by atoms with van der Waals surface area (Å²) in [6, 6.07) is 0. The number of fused-ring (bicyclic) bond motifs is 1. The summed E-state index contributed by atoms with van der Waals surface area (Å²) in [6.45, 7) is 8.40. The van der Waals surface area contributed by atoms with Gasteiger partial charge in [-0.1, -0.05) is 20.8 Å². The van der Waals surface area contributed by atoms with Crippen LogP contribution in [0.15, 0.2) is 0 Å². The molecule has 96 valence electrons. The van der Waals surface area contributed by atoms with E-state index >= 15 is 0 Å². The van der Waals surface area contributed by atoms with Gasteiger partial charge in [0.2, 0.25) is 0 Å². The van der Waals surface area contributed by atoms with E-state index in [0.29, 0.717) is 6.54 Å². The molecule has 1 aromatic heterocycles. The summed E-state index contributed by atoms with van der Waals surface area (Å²) in [4.78, 5) is 0. The minimum absolute atomic E-state index is 0.0197. The largest absolute Gasteiger partial charge is 0.329 e. The van der Waals surface area contributed by atoms with Crippen molar-refractivity contribution < 1.29 is 0 Å². The standard InChI is InChI=1S/C13H24N4/c1-4-13(5-2,9-14)12-16-15-11-8-10(3)6-7-17(11)12/h10H,4-9,14H2,1-3H3. The van der Waals surface area contributed by atoms with Gasteiger partial charge >= 0.3 is 0 Å². The van der Waals surface area contributed by atoms with Crippen LogP contribution >= 0.6 is 0 Å². The van der Waals surface area contributed by atoms with Crippen LogP contribution in [-0.4, -0.2) is 21.3 Å². The van der Waals surface area contributed by atoms with Crippen LogP contribution in [0.5, 0.6) is 0 Å². The monoisotopic (exact) mass is 236 g/mol. The molecule has 0 fully saturated rings. The van der Waals surface area contributed by atoms with Crippen molar-refractivity contribution >= 4 is 0 Å². The van der Waals surface area contributed by atoms with Crippen LogP contribution in [0.25, 0.3) is 0 Å². The number of nitrogens with zero attached hydrogens (tertiary/aromatic N) is 3. The van der Waals surface area contributed by atoms with Crippen molar-refractivity contribution in [3.63, 3.8) is 0 Å². The molecule has 2 heterocycles. The molecule has 4 heteroatoms. The summed E-state index contributed by atoms with van der Waals surface area (Å²) in [5.74, 6) is 3.00. The highest BCUT2D eigenvalue weighted by Crippen LogP contribution is 2.32. The predicted molar refractivity (Wildman–Crippen MR) is 68.8 cm³/mol. The normalized spacial score (nSPS) is 20.4. The van der Waals surface area contributed by atoms with Crippen LogP contribution < -0.4 is 5.73 Å². The molecular weight excluding hydrogens is 212 g/mol. The topological polar surface area (TPSA) is 56.7 Å². The molecule has 2 rings (SSSR count). The molecular formula is C13H24N4. The Kier molecular flexibility index (Phi) is 3.52. The van der Waals surface area contributed by atoms with Gasteiger partial charge in [-0.2, -0.15) is 0 Å². The van der Waals surface area contributed by atoms with E-state index in [4.69, 9.17) is 5.73 Å². The quantitative estimate of drug-likeness (QED) is 0.868. The van der Waals surface area contributed by atoms with E-state index in [1.165, 1.54) is 6.42 Å². The lowest BCUT2D eigenvalue weighted by Crippen LogP contribution is -2.37. The van der Waals surface area contributed by atoms with E-state index in [2.05, 4.69) is 35.5 Å². The van der Waals surface area contributed by atoms with E-state index in [0.717, 1.165) is 43.4 Å². The van der Waals surface area contributed by atoms with Gasteiger partial charge in [0.1, 0.15) is 11.6 Å². The van der Waals surface area contributed by atoms with Crippen molar-refractivity contribution in [2.24, 2.45) is 11.7 Å². The van der Waals surface area contributed by atoms with Gasteiger partial charge in [-0.05, 0) is 25.2 Å². The van der Waals surface area contributed by atoms with Gasteiger partial charge in [-0.3, -0.25) is 0 Å². The zero-order valence-electron chi connectivity index (χ0n) is 11.2. The van der Waals surface area contributed by atoms with Crippen LogP contribution in [0.3, 0.4) is 0 Å². The maximum absolute atomic E-state index is 6.00. The zero-order valence-corrected chi connectivity index (χ0v) is 11.2. The first-order chi connectivity index (χ1) is 8.16. The van der Waals surface area contributed by atoms with E-state index in [1.807, 2.05) is 0 Å². The van der Waals surface area contributed by atoms with Crippen molar-refractivity contribution in [2.75, 3.05) is 6.54 Å². The van der Waals surface area contributed by atoms with E-state index in [-0.39, 0.29) is 5.41 Å². The van der Waals surface area contributed by atoms with Gasteiger partial charge in [-0.15, -0.1) is 10.2 Å². The van der Waals surface area contributed by atoms with Crippen LogP contribution in [0.4, 0.5) is 0 Å². The molecule has 4 nitrogen and oxygen atoms in total. The molecule has 0 amide bonds. The summed E-state index contributed by atoms with van der Waals surface area (Å²) in [5.41, 5.74) is 6.02. The van der Waals surface area contributed by atoms with Gasteiger partial charge in [0.05, 0.1) is 0 Å². The van der Waals surface area contributed by atoms with Crippen molar-refractivity contribution in [1.82, 2.24) is 14.8 Å². The highest BCUT2D eigenvalue weighted by atomic mass is 15.3. The first-order valence-corrected chi connectivity index (χ1v) is 6.79. The van der Waals surface area contributed by atoms with E-state index in [9.17, 15) is 0 Å². The number of rotatable bonds is 4. The molecule has 2 N–H and O–H groups in total. The second-order valence-electron chi connectivity index (χ2n) is 5.38. The maximum atomic E-state index is 6.00. The van der Waals surface area contributed by atoms with E-state index < -0.39 is 0 Å². The number of hydrogen-bond acceptors (Lipinski definition) is 3. The van der Waals surface area contributed by atoms with Gasteiger partial charge in [0.15, 0.2) is 0 Å². The molecule has 1 aromatic rings. The molecule has 1 aliphatic heterocycles. The average Bonchev–Trinajstić information content (AvgIpc) is 2.76. The number of aromatic nitrogens is 3. The second kappa shape index (κ2) is 4.77. The third-order valence-electron chi connectivity index (χ3n) is 4.42. The fourth-order valence-corrected chi connectivity index (χ4v) is 2.82. The second-order valence-corrected chi connectivity index (χ2v) is 5.38. The van der Waals surface area contributed by atoms with Crippen molar-refractivity contribution in [3.8, 4) is 0 Å². The van der Waals surface area contributed by atoms with Crippen molar-refractivity contribution in [3.05, 3.63) is 11.6 Å². The summed E-state index contributed by atoms with van der Waals surface area (Å²) in [7, 11) is 0. The first-order valence-electron chi connectivity index (χ1n) is 6.79. The zero-order chi connectivity index (χ0) is 12.5. The summed E-state index contributed by atoms with van der Waals surface area (Å²) in [5, 5.41) is 8.82. The Morgan fingerprint density at radius 2 is 2.06 bits per heavy atom. The summed E-state index contributed by atoms with van der Waals surface area (Å²) in [6.07, 6.45) is 4.36. The highest BCUT2D eigenvalue weighted by molar-refractivity contribution is 5.13. The van der Waals surface area contributed by atoms with Gasteiger partial charge in [0, 0.05) is 24.9 Å². The molecule has 0 bridgehead atoms. The first kappa shape index (κ1) is 12.6. The third kappa shape index (κ3) is 1.99. The molecule has 0 saturated carbocycles. The van der Waals surface area contributed by atoms with Crippen LogP contribution in [0.2, 0.25) is 0 Å². The third-order valence-corrected chi connectivity index (χ3v) is 4.42. The lowest BCUT2D eigenvalue weighted by atomic mass is 9.81. The fourth-order valence-electron chi connectivity index (χ4n) is 2.82.